The largest absolute Gasteiger partial charge is 0.416 e. The van der Waals surface area contributed by atoms with Gasteiger partial charge in [-0.15, -0.1) is 0 Å². The molecule has 4 rings (SSSR count). The van der Waals surface area contributed by atoms with E-state index in [9.17, 15) is 18.0 Å². The third-order valence-electron chi connectivity index (χ3n) is 5.95. The van der Waals surface area contributed by atoms with Crippen LogP contribution in [0.1, 0.15) is 27.0 Å². The van der Waals surface area contributed by atoms with E-state index in [0.717, 1.165) is 44.5 Å². The highest BCUT2D eigenvalue weighted by molar-refractivity contribution is 6.04. The van der Waals surface area contributed by atoms with E-state index in [4.69, 9.17) is 5.41 Å². The van der Waals surface area contributed by atoms with Gasteiger partial charge in [0.1, 0.15) is 6.20 Å². The van der Waals surface area contributed by atoms with Gasteiger partial charge in [0.15, 0.2) is 0 Å². The molecule has 196 valence electrons. The van der Waals surface area contributed by atoms with Crippen LogP contribution >= 0.6 is 0 Å². The molecule has 0 unspecified atom stereocenters. The number of alkyl halides is 3. The number of piperazine rings is 1. The molecule has 0 bridgehead atoms. The van der Waals surface area contributed by atoms with Gasteiger partial charge in [0.2, 0.25) is 11.5 Å². The van der Waals surface area contributed by atoms with Gasteiger partial charge in [-0.05, 0) is 48.9 Å². The number of carbonyl (C=O) groups excluding carboxylic acids is 1. The topological polar surface area (TPSA) is 101 Å². The lowest BCUT2D eigenvalue weighted by Gasteiger charge is -2.32. The quantitative estimate of drug-likeness (QED) is 0.401. The number of anilines is 1. The first-order valence-corrected chi connectivity index (χ1v) is 11.9. The lowest BCUT2D eigenvalue weighted by molar-refractivity contribution is -0.470. The van der Waals surface area contributed by atoms with Crippen molar-refractivity contribution in [1.29, 1.82) is 5.41 Å². The summed E-state index contributed by atoms with van der Waals surface area (Å²) in [5.74, 6) is 5.94. The number of halogens is 3. The Balaban J connectivity index is 1.47. The Morgan fingerprint density at radius 2 is 1.95 bits per heavy atom. The number of aromatic nitrogens is 1. The zero-order valence-corrected chi connectivity index (χ0v) is 20.7. The Kier molecular flexibility index (Phi) is 8.48. The fourth-order valence-electron chi connectivity index (χ4n) is 3.95. The first-order valence-electron chi connectivity index (χ1n) is 11.9. The summed E-state index contributed by atoms with van der Waals surface area (Å²) in [7, 11) is 2.01. The molecule has 0 saturated carbocycles. The highest BCUT2D eigenvalue weighted by Gasteiger charge is 2.31. The monoisotopic (exact) mass is 522 g/mol. The van der Waals surface area contributed by atoms with E-state index in [1.165, 1.54) is 18.5 Å². The minimum atomic E-state index is -4.54. The second-order valence-electron chi connectivity index (χ2n) is 8.97. The van der Waals surface area contributed by atoms with Gasteiger partial charge in [0.05, 0.1) is 11.1 Å². The molecule has 1 fully saturated rings. The van der Waals surface area contributed by atoms with Crippen LogP contribution in [0.4, 0.5) is 18.9 Å². The second kappa shape index (κ2) is 12.0. The van der Waals surface area contributed by atoms with Crippen LogP contribution in [0.2, 0.25) is 0 Å². The van der Waals surface area contributed by atoms with Gasteiger partial charge in [-0.25, -0.2) is 0 Å². The third-order valence-corrected chi connectivity index (χ3v) is 5.95. The molecule has 2 aliphatic rings. The van der Waals surface area contributed by atoms with Crippen LogP contribution in [0, 0.1) is 17.3 Å². The van der Waals surface area contributed by atoms with Crippen molar-refractivity contribution in [2.24, 2.45) is 4.99 Å². The van der Waals surface area contributed by atoms with Crippen molar-refractivity contribution in [3.05, 3.63) is 83.0 Å². The predicted octanol–water partition coefficient (Wildman–Crippen LogP) is 2.47. The Bertz CT molecular complexity index is 1360. The van der Waals surface area contributed by atoms with Crippen LogP contribution in [-0.2, 0) is 12.7 Å². The second-order valence-corrected chi connectivity index (χ2v) is 8.97. The smallest absolute Gasteiger partial charge is 0.322 e. The number of aliphatic imine (C=N–C) groups is 1. The number of carbonyl (C=O) groups is 1. The van der Waals surface area contributed by atoms with Crippen molar-refractivity contribution < 1.29 is 23.3 Å². The van der Waals surface area contributed by atoms with Gasteiger partial charge in [0.25, 0.3) is 5.91 Å². The van der Waals surface area contributed by atoms with E-state index in [1.807, 2.05) is 7.05 Å². The summed E-state index contributed by atoms with van der Waals surface area (Å²) in [6.07, 6.45) is 4.25. The molecule has 1 amide bonds. The predicted molar refractivity (Wildman–Crippen MR) is 139 cm³/mol. The van der Waals surface area contributed by atoms with Crippen molar-refractivity contribution in [1.82, 2.24) is 14.8 Å². The van der Waals surface area contributed by atoms with Crippen molar-refractivity contribution >= 4 is 23.6 Å². The first kappa shape index (κ1) is 26.9. The molecule has 0 atom stereocenters. The fourth-order valence-corrected chi connectivity index (χ4v) is 3.95. The number of amidine groups is 1. The summed E-state index contributed by atoms with van der Waals surface area (Å²) >= 11 is 0. The molecule has 11 heteroatoms. The summed E-state index contributed by atoms with van der Waals surface area (Å²) in [6, 6.07) is 5.18. The van der Waals surface area contributed by atoms with Crippen molar-refractivity contribution in [2.45, 2.75) is 12.7 Å². The molecule has 1 saturated heterocycles. The number of hydrogen-bond acceptors (Lipinski definition) is 6. The van der Waals surface area contributed by atoms with Crippen molar-refractivity contribution in [3.8, 4) is 11.8 Å². The molecule has 0 aliphatic carbocycles. The fraction of sp³-hybridized carbons (Fsp3) is 0.259. The van der Waals surface area contributed by atoms with E-state index >= 15 is 0 Å². The molecule has 2 aromatic rings. The summed E-state index contributed by atoms with van der Waals surface area (Å²) in [4.78, 5) is 25.4. The van der Waals surface area contributed by atoms with E-state index in [2.05, 4.69) is 36.9 Å². The third kappa shape index (κ3) is 7.45. The van der Waals surface area contributed by atoms with Crippen LogP contribution in [0.3, 0.4) is 0 Å². The van der Waals surface area contributed by atoms with E-state index in [-0.39, 0.29) is 11.3 Å². The zero-order chi connectivity index (χ0) is 27.1. The SMILES string of the molecule is CN1CCN(Cc2cc(NC(=O)c3cncc(C#CC4=CN=C(C=CC=N)[NH2+]4)c3)cc(C(F)(F)F)c2)CC1. The molecular weight excluding hydrogens is 495 g/mol. The van der Waals surface area contributed by atoms with Gasteiger partial charge < -0.3 is 15.6 Å². The number of rotatable bonds is 6. The minimum absolute atomic E-state index is 0.0683. The first-order chi connectivity index (χ1) is 18.2. The van der Waals surface area contributed by atoms with E-state index in [0.29, 0.717) is 29.2 Å². The lowest BCUT2D eigenvalue weighted by Crippen LogP contribution is -2.83. The van der Waals surface area contributed by atoms with Gasteiger partial charge in [0, 0.05) is 68.7 Å². The molecule has 1 aromatic carbocycles. The highest BCUT2D eigenvalue weighted by Crippen LogP contribution is 2.32. The molecule has 3 heterocycles. The summed E-state index contributed by atoms with van der Waals surface area (Å²) < 4.78 is 40.8. The summed E-state index contributed by atoms with van der Waals surface area (Å²) in [5, 5.41) is 11.4. The maximum Gasteiger partial charge on any atom is 0.416 e. The average molecular weight is 523 g/mol. The van der Waals surface area contributed by atoms with Crippen LogP contribution in [0.5, 0.6) is 0 Å². The maximum atomic E-state index is 13.6. The number of quaternary nitrogens is 1. The molecule has 4 N–H and O–H groups in total. The van der Waals surface area contributed by atoms with Gasteiger partial charge in [-0.2, -0.15) is 18.2 Å². The highest BCUT2D eigenvalue weighted by atomic mass is 19.4. The van der Waals surface area contributed by atoms with Crippen LogP contribution < -0.4 is 10.6 Å². The Morgan fingerprint density at radius 3 is 2.68 bits per heavy atom. The molecule has 1 aromatic heterocycles. The number of nitrogens with two attached hydrogens (primary N) is 1. The van der Waals surface area contributed by atoms with Crippen molar-refractivity contribution in [3.63, 3.8) is 0 Å². The number of likely N-dealkylation sites (N-methyl/N-ethyl adjacent to an activating group) is 1. The number of nitrogens with zero attached hydrogens (tertiary/aromatic N) is 4. The van der Waals surface area contributed by atoms with Crippen LogP contribution in [-0.4, -0.2) is 66.0 Å². The zero-order valence-electron chi connectivity index (χ0n) is 20.7. The maximum absolute atomic E-state index is 13.6. The van der Waals surface area contributed by atoms with E-state index < -0.39 is 17.6 Å². The van der Waals surface area contributed by atoms with Crippen LogP contribution in [0.25, 0.3) is 0 Å². The number of allylic oxidation sites excluding steroid dienone is 2. The normalized spacial score (nSPS) is 16.5. The molecule has 0 spiro atoms. The number of hydrogen-bond donors (Lipinski definition) is 3. The summed E-state index contributed by atoms with van der Waals surface area (Å²) in [6.45, 7) is 3.58. The lowest BCUT2D eigenvalue weighted by atomic mass is 10.1. The minimum Gasteiger partial charge on any atom is -0.322 e. The van der Waals surface area contributed by atoms with Crippen molar-refractivity contribution in [2.75, 3.05) is 38.5 Å². The van der Waals surface area contributed by atoms with E-state index in [1.54, 1.807) is 29.7 Å². The molecular formula is C27H27F3N7O+. The van der Waals surface area contributed by atoms with Gasteiger partial charge >= 0.3 is 6.18 Å². The Hall–Kier alpha value is -4.11. The number of nitrogens with one attached hydrogen (secondary N) is 2. The number of pyridine rings is 1. The van der Waals surface area contributed by atoms with Gasteiger partial charge in [-0.1, -0.05) is 5.92 Å². The molecule has 8 nitrogen and oxygen atoms in total. The average Bonchev–Trinajstić information content (AvgIpc) is 3.35. The van der Waals surface area contributed by atoms with Crippen LogP contribution in [0.15, 0.2) is 65.7 Å². The van der Waals surface area contributed by atoms with Gasteiger partial charge in [-0.3, -0.25) is 20.0 Å². The Morgan fingerprint density at radius 1 is 1.16 bits per heavy atom. The molecule has 2 aliphatic heterocycles. The number of benzene rings is 1. The number of amides is 1. The summed E-state index contributed by atoms with van der Waals surface area (Å²) in [5.41, 5.74) is 1.03. The molecule has 38 heavy (non-hydrogen) atoms. The Labute approximate surface area is 218 Å². The standard InChI is InChI=1S/C27H26F3N7O/c1-36-7-9-37(10-8-36)18-20-12-22(27(28,29)30)14-24(13-20)35-26(38)21-11-19(15-32-16-21)4-5-23-17-33-25(34-23)3-2-6-31/h2-3,6,11-17,31H,7-10,18H2,1H3,(H,33,34)(H,35,38)/p+1. The molecule has 0 radical (unpaired) electrons.